The number of likely N-dealkylation sites (tertiary alicyclic amines) is 2. The molecule has 2 aliphatic heterocycles. The van der Waals surface area contributed by atoms with Crippen molar-refractivity contribution in [3.63, 3.8) is 0 Å². The van der Waals surface area contributed by atoms with Gasteiger partial charge in [0.15, 0.2) is 0 Å². The Morgan fingerprint density at radius 1 is 1.13 bits per heavy atom. The van der Waals surface area contributed by atoms with Crippen LogP contribution in [0.4, 0.5) is 0 Å². The van der Waals surface area contributed by atoms with E-state index in [2.05, 4.69) is 9.97 Å². The molecule has 124 valence electrons. The van der Waals surface area contributed by atoms with Gasteiger partial charge in [-0.05, 0) is 38.0 Å². The first-order chi connectivity index (χ1) is 11.1. The van der Waals surface area contributed by atoms with Crippen LogP contribution in [0.5, 0.6) is 0 Å². The molecule has 0 spiro atoms. The second-order valence-corrected chi connectivity index (χ2v) is 6.57. The van der Waals surface area contributed by atoms with E-state index in [0.717, 1.165) is 64.0 Å². The molecule has 1 aromatic rings. The van der Waals surface area contributed by atoms with Crippen molar-refractivity contribution in [3.8, 4) is 0 Å². The smallest absolute Gasteiger partial charge is 0.274 e. The van der Waals surface area contributed by atoms with Crippen molar-refractivity contribution in [2.45, 2.75) is 39.0 Å². The molecule has 0 saturated carbocycles. The molecule has 1 unspecified atom stereocenters. The number of carbonyl (C=O) groups is 2. The molecule has 0 aromatic carbocycles. The molecule has 6 nitrogen and oxygen atoms in total. The Hall–Kier alpha value is -1.98. The predicted octanol–water partition coefficient (Wildman–Crippen LogP) is 1.51. The van der Waals surface area contributed by atoms with E-state index in [9.17, 15) is 9.59 Å². The van der Waals surface area contributed by atoms with Crippen LogP contribution in [0.3, 0.4) is 0 Å². The minimum Gasteiger partial charge on any atom is -0.343 e. The molecule has 3 rings (SSSR count). The van der Waals surface area contributed by atoms with Gasteiger partial charge in [-0.3, -0.25) is 14.6 Å². The Balaban J connectivity index is 1.65. The third kappa shape index (κ3) is 3.86. The lowest BCUT2D eigenvalue weighted by Crippen LogP contribution is -2.39. The number of hydrogen-bond acceptors (Lipinski definition) is 4. The molecular formula is C17H24N4O2. The number of piperidine rings is 1. The zero-order chi connectivity index (χ0) is 16.2. The van der Waals surface area contributed by atoms with Crippen LogP contribution in [-0.2, 0) is 11.2 Å². The molecule has 1 aromatic heterocycles. The summed E-state index contributed by atoms with van der Waals surface area (Å²) in [5.41, 5.74) is 1.30. The summed E-state index contributed by atoms with van der Waals surface area (Å²) in [5, 5.41) is 0. The van der Waals surface area contributed by atoms with Crippen LogP contribution in [0, 0.1) is 5.92 Å². The van der Waals surface area contributed by atoms with E-state index in [-0.39, 0.29) is 11.8 Å². The molecule has 3 heterocycles. The van der Waals surface area contributed by atoms with Gasteiger partial charge >= 0.3 is 0 Å². The van der Waals surface area contributed by atoms with Crippen LogP contribution in [0.1, 0.15) is 48.8 Å². The third-order valence-corrected chi connectivity index (χ3v) is 4.76. The summed E-state index contributed by atoms with van der Waals surface area (Å²) in [7, 11) is 0. The maximum absolute atomic E-state index is 12.4. The largest absolute Gasteiger partial charge is 0.343 e. The summed E-state index contributed by atoms with van der Waals surface area (Å²) >= 11 is 0. The lowest BCUT2D eigenvalue weighted by atomic mass is 9.93. The molecule has 2 saturated heterocycles. The van der Waals surface area contributed by atoms with Crippen molar-refractivity contribution >= 4 is 11.8 Å². The SMILES string of the molecule is CC(=O)N1CCCC(Cc2cncc(C(=O)N3CCCC3)n2)C1. The van der Waals surface area contributed by atoms with Crippen molar-refractivity contribution in [2.75, 3.05) is 26.2 Å². The molecule has 0 bridgehead atoms. The number of aromatic nitrogens is 2. The Labute approximate surface area is 136 Å². The van der Waals surface area contributed by atoms with Crippen LogP contribution in [0.2, 0.25) is 0 Å². The van der Waals surface area contributed by atoms with Crippen LogP contribution < -0.4 is 0 Å². The molecule has 2 fully saturated rings. The van der Waals surface area contributed by atoms with Gasteiger partial charge in [0.1, 0.15) is 5.69 Å². The zero-order valence-corrected chi connectivity index (χ0v) is 13.7. The molecule has 0 N–H and O–H groups in total. The molecule has 23 heavy (non-hydrogen) atoms. The maximum atomic E-state index is 12.4. The van der Waals surface area contributed by atoms with E-state index in [1.165, 1.54) is 0 Å². The molecule has 0 aliphatic carbocycles. The van der Waals surface area contributed by atoms with Crippen molar-refractivity contribution in [1.29, 1.82) is 0 Å². The van der Waals surface area contributed by atoms with E-state index in [4.69, 9.17) is 0 Å². The summed E-state index contributed by atoms with van der Waals surface area (Å²) in [6, 6.07) is 0. The van der Waals surface area contributed by atoms with Gasteiger partial charge < -0.3 is 9.80 Å². The van der Waals surface area contributed by atoms with Gasteiger partial charge in [0.25, 0.3) is 5.91 Å². The van der Waals surface area contributed by atoms with E-state index in [1.54, 1.807) is 19.3 Å². The monoisotopic (exact) mass is 316 g/mol. The molecular weight excluding hydrogens is 292 g/mol. The topological polar surface area (TPSA) is 66.4 Å². The first-order valence-corrected chi connectivity index (χ1v) is 8.49. The highest BCUT2D eigenvalue weighted by atomic mass is 16.2. The Kier molecular flexibility index (Phi) is 4.88. The number of rotatable bonds is 3. The minimum atomic E-state index is -0.00847. The van der Waals surface area contributed by atoms with E-state index in [1.807, 2.05) is 9.80 Å². The van der Waals surface area contributed by atoms with E-state index < -0.39 is 0 Å². The molecule has 2 amide bonds. The first kappa shape index (κ1) is 15.9. The Morgan fingerprint density at radius 2 is 1.87 bits per heavy atom. The summed E-state index contributed by atoms with van der Waals surface area (Å²) < 4.78 is 0. The van der Waals surface area contributed by atoms with Crippen LogP contribution in [0.15, 0.2) is 12.4 Å². The summed E-state index contributed by atoms with van der Waals surface area (Å²) in [5.74, 6) is 0.531. The molecule has 0 radical (unpaired) electrons. The highest BCUT2D eigenvalue weighted by Crippen LogP contribution is 2.20. The summed E-state index contributed by atoms with van der Waals surface area (Å²) in [6.07, 6.45) is 8.35. The number of nitrogens with zero attached hydrogens (tertiary/aromatic N) is 4. The first-order valence-electron chi connectivity index (χ1n) is 8.49. The third-order valence-electron chi connectivity index (χ3n) is 4.76. The second-order valence-electron chi connectivity index (χ2n) is 6.57. The molecule has 6 heteroatoms. The molecule has 2 aliphatic rings. The number of carbonyl (C=O) groups excluding carboxylic acids is 2. The fraction of sp³-hybridized carbons (Fsp3) is 0.647. The van der Waals surface area contributed by atoms with Crippen molar-refractivity contribution in [3.05, 3.63) is 23.8 Å². The van der Waals surface area contributed by atoms with E-state index in [0.29, 0.717) is 11.6 Å². The fourth-order valence-corrected chi connectivity index (χ4v) is 3.50. The van der Waals surface area contributed by atoms with Gasteiger partial charge in [-0.25, -0.2) is 4.98 Å². The maximum Gasteiger partial charge on any atom is 0.274 e. The lowest BCUT2D eigenvalue weighted by molar-refractivity contribution is -0.130. The van der Waals surface area contributed by atoms with Gasteiger partial charge in [-0.15, -0.1) is 0 Å². The molecule has 1 atom stereocenters. The van der Waals surface area contributed by atoms with Crippen molar-refractivity contribution in [1.82, 2.24) is 19.8 Å². The highest BCUT2D eigenvalue weighted by molar-refractivity contribution is 5.92. The number of hydrogen-bond donors (Lipinski definition) is 0. The quantitative estimate of drug-likeness (QED) is 0.848. The highest BCUT2D eigenvalue weighted by Gasteiger charge is 2.24. The average Bonchev–Trinajstić information content (AvgIpc) is 3.09. The normalized spacial score (nSPS) is 21.5. The van der Waals surface area contributed by atoms with Gasteiger partial charge in [0.05, 0.1) is 11.9 Å². The Morgan fingerprint density at radius 3 is 2.61 bits per heavy atom. The zero-order valence-electron chi connectivity index (χ0n) is 13.7. The van der Waals surface area contributed by atoms with Gasteiger partial charge in [0, 0.05) is 39.3 Å². The second kappa shape index (κ2) is 7.06. The van der Waals surface area contributed by atoms with Gasteiger partial charge in [-0.1, -0.05) is 0 Å². The summed E-state index contributed by atoms with van der Waals surface area (Å²) in [4.78, 5) is 36.4. The van der Waals surface area contributed by atoms with E-state index >= 15 is 0 Å². The van der Waals surface area contributed by atoms with Crippen LogP contribution in [-0.4, -0.2) is 57.8 Å². The minimum absolute atomic E-state index is 0.00847. The van der Waals surface area contributed by atoms with Crippen LogP contribution >= 0.6 is 0 Å². The van der Waals surface area contributed by atoms with Gasteiger partial charge in [-0.2, -0.15) is 0 Å². The number of amides is 2. The fourth-order valence-electron chi connectivity index (χ4n) is 3.50. The Bertz CT molecular complexity index is 584. The predicted molar refractivity (Wildman–Crippen MR) is 85.9 cm³/mol. The van der Waals surface area contributed by atoms with Gasteiger partial charge in [0.2, 0.25) is 5.91 Å². The summed E-state index contributed by atoms with van der Waals surface area (Å²) in [6.45, 7) is 4.89. The van der Waals surface area contributed by atoms with Crippen molar-refractivity contribution in [2.24, 2.45) is 5.92 Å². The van der Waals surface area contributed by atoms with Crippen molar-refractivity contribution < 1.29 is 9.59 Å². The average molecular weight is 316 g/mol. The lowest BCUT2D eigenvalue weighted by Gasteiger charge is -2.31. The standard InChI is InChI=1S/C17H24N4O2/c1-13(22)21-8-4-5-14(12-21)9-15-10-18-11-16(19-15)17(23)20-6-2-3-7-20/h10-11,14H,2-9,12H2,1H3. The van der Waals surface area contributed by atoms with Crippen LogP contribution in [0.25, 0.3) is 0 Å².